The monoisotopic (exact) mass is 551 g/mol. The number of aliphatic imine (C=N–C) groups is 1. The van der Waals surface area contributed by atoms with Crippen molar-refractivity contribution in [3.8, 4) is 17.2 Å². The highest BCUT2D eigenvalue weighted by Gasteiger charge is 2.20. The number of rotatable bonds is 11. The summed E-state index contributed by atoms with van der Waals surface area (Å²) in [5.41, 5.74) is 2.14. The number of aromatic hydroxyl groups is 1. The number of Topliss-reactive ketones (excluding diaryl/α,β-unsaturated/α-hetero) is 1. The van der Waals surface area contributed by atoms with Crippen molar-refractivity contribution in [3.05, 3.63) is 87.9 Å². The van der Waals surface area contributed by atoms with Crippen molar-refractivity contribution in [2.45, 2.75) is 33.2 Å². The van der Waals surface area contributed by atoms with Crippen LogP contribution in [0.2, 0.25) is 5.02 Å². The molecule has 0 aliphatic rings. The van der Waals surface area contributed by atoms with E-state index < -0.39 is 12.0 Å². The number of methoxy groups -OCH3 is 1. The van der Waals surface area contributed by atoms with Crippen molar-refractivity contribution in [2.75, 3.05) is 13.7 Å². The van der Waals surface area contributed by atoms with Gasteiger partial charge in [0.05, 0.1) is 11.5 Å². The largest absolute Gasteiger partial charge is 0.504 e. The zero-order valence-electron chi connectivity index (χ0n) is 22.1. The average Bonchev–Trinajstić information content (AvgIpc) is 2.89. The fourth-order valence-corrected chi connectivity index (χ4v) is 3.73. The first-order chi connectivity index (χ1) is 18.6. The molecule has 1 atom stereocenters. The first-order valence-electron chi connectivity index (χ1n) is 12.2. The Morgan fingerprint density at radius 3 is 2.38 bits per heavy atom. The third kappa shape index (κ3) is 8.49. The van der Waals surface area contributed by atoms with E-state index in [2.05, 4.69) is 4.99 Å². The fourth-order valence-electron chi connectivity index (χ4n) is 3.51. The van der Waals surface area contributed by atoms with Crippen LogP contribution in [0.15, 0.2) is 65.7 Å². The van der Waals surface area contributed by atoms with Crippen molar-refractivity contribution < 1.29 is 33.7 Å². The van der Waals surface area contributed by atoms with Crippen LogP contribution in [0.5, 0.6) is 17.2 Å². The predicted octanol–water partition coefficient (Wildman–Crippen LogP) is 5.38. The molecule has 0 aliphatic carbocycles. The van der Waals surface area contributed by atoms with Gasteiger partial charge in [-0.25, -0.2) is 4.79 Å². The van der Waals surface area contributed by atoms with Crippen molar-refractivity contribution in [1.82, 2.24) is 0 Å². The summed E-state index contributed by atoms with van der Waals surface area (Å²) in [4.78, 5) is 41.5. The molecule has 3 aromatic rings. The molecule has 0 saturated heterocycles. The van der Waals surface area contributed by atoms with Gasteiger partial charge in [-0.1, -0.05) is 55.3 Å². The van der Waals surface area contributed by atoms with Crippen LogP contribution in [-0.4, -0.2) is 48.8 Å². The lowest BCUT2D eigenvalue weighted by molar-refractivity contribution is -0.137. The van der Waals surface area contributed by atoms with Crippen molar-refractivity contribution in [2.24, 2.45) is 10.9 Å². The molecule has 0 heterocycles. The second-order valence-electron chi connectivity index (χ2n) is 9.22. The number of nitrogens with zero attached hydrogens (tertiary/aromatic N) is 1. The molecule has 8 nitrogen and oxygen atoms in total. The summed E-state index contributed by atoms with van der Waals surface area (Å²) in [5.74, 6) is -1.63. The summed E-state index contributed by atoms with van der Waals surface area (Å²) >= 11 is 6.22. The fraction of sp³-hybridized carbons (Fsp3) is 0.267. The number of ether oxygens (including phenoxy) is 3. The van der Waals surface area contributed by atoms with Crippen molar-refractivity contribution in [3.63, 3.8) is 0 Å². The van der Waals surface area contributed by atoms with E-state index in [4.69, 9.17) is 25.8 Å². The summed E-state index contributed by atoms with van der Waals surface area (Å²) in [6, 6.07) is 15.5. The minimum absolute atomic E-state index is 0.137. The quantitative estimate of drug-likeness (QED) is 0.193. The zero-order valence-corrected chi connectivity index (χ0v) is 22.9. The van der Waals surface area contributed by atoms with Crippen LogP contribution >= 0.6 is 11.6 Å². The van der Waals surface area contributed by atoms with Gasteiger partial charge < -0.3 is 19.3 Å². The Labute approximate surface area is 232 Å². The number of carbonyl (C=O) groups excluding carboxylic acids is 3. The zero-order chi connectivity index (χ0) is 28.5. The minimum atomic E-state index is -0.842. The standard InChI is InChI=1S/C30H30ClNO7/c1-18(2)29(35)38-24-10-8-20(9-11-24)13-25(26(33)17-37-4)32-16-22-14-23(31)15-27(28(22)34)39-30(36)21-7-5-6-19(3)12-21/h5-12,14-16,18,25,34H,13,17H2,1-4H3. The molecule has 39 heavy (non-hydrogen) atoms. The van der Waals surface area contributed by atoms with Gasteiger partial charge in [0.25, 0.3) is 0 Å². The third-order valence-corrected chi connectivity index (χ3v) is 5.84. The van der Waals surface area contributed by atoms with E-state index in [-0.39, 0.29) is 52.8 Å². The van der Waals surface area contributed by atoms with Gasteiger partial charge in [0.2, 0.25) is 0 Å². The lowest BCUT2D eigenvalue weighted by atomic mass is 10.0. The Hall–Kier alpha value is -4.01. The van der Waals surface area contributed by atoms with E-state index in [0.717, 1.165) is 11.1 Å². The normalized spacial score (nSPS) is 11.9. The Morgan fingerprint density at radius 1 is 1.03 bits per heavy atom. The molecule has 1 unspecified atom stereocenters. The van der Waals surface area contributed by atoms with Gasteiger partial charge in [-0.05, 0) is 42.8 Å². The number of carbonyl (C=O) groups is 3. The molecule has 0 aliphatic heterocycles. The maximum absolute atomic E-state index is 12.7. The van der Waals surface area contributed by atoms with Crippen LogP contribution in [0.25, 0.3) is 0 Å². The Kier molecular flexibility index (Phi) is 10.4. The van der Waals surface area contributed by atoms with E-state index >= 15 is 0 Å². The van der Waals surface area contributed by atoms with Gasteiger partial charge >= 0.3 is 11.9 Å². The molecule has 0 radical (unpaired) electrons. The number of aryl methyl sites for hydroxylation is 1. The second kappa shape index (κ2) is 13.7. The maximum atomic E-state index is 12.7. The van der Waals surface area contributed by atoms with Gasteiger partial charge in [-0.15, -0.1) is 0 Å². The molecular formula is C30H30ClNO7. The molecule has 0 fully saturated rings. The predicted molar refractivity (Wildman–Crippen MR) is 148 cm³/mol. The highest BCUT2D eigenvalue weighted by molar-refractivity contribution is 6.31. The highest BCUT2D eigenvalue weighted by atomic mass is 35.5. The number of hydrogen-bond donors (Lipinski definition) is 1. The molecule has 0 amide bonds. The van der Waals surface area contributed by atoms with Gasteiger partial charge in [-0.3, -0.25) is 14.6 Å². The molecular weight excluding hydrogens is 522 g/mol. The van der Waals surface area contributed by atoms with E-state index in [0.29, 0.717) is 11.3 Å². The van der Waals surface area contributed by atoms with Crippen LogP contribution in [0.3, 0.4) is 0 Å². The van der Waals surface area contributed by atoms with Crippen LogP contribution in [0.1, 0.15) is 40.9 Å². The summed E-state index contributed by atoms with van der Waals surface area (Å²) < 4.78 is 15.7. The summed E-state index contributed by atoms with van der Waals surface area (Å²) in [5, 5.41) is 11.0. The van der Waals surface area contributed by atoms with E-state index in [1.807, 2.05) is 13.0 Å². The van der Waals surface area contributed by atoms with Crippen LogP contribution in [0.4, 0.5) is 0 Å². The Morgan fingerprint density at radius 2 is 1.74 bits per heavy atom. The number of phenolic OH excluding ortho intramolecular Hbond substituents is 1. The SMILES string of the molecule is COCC(=O)C(Cc1ccc(OC(=O)C(C)C)cc1)N=Cc1cc(Cl)cc(OC(=O)c2cccc(C)c2)c1O. The number of hydrogen-bond acceptors (Lipinski definition) is 8. The number of benzene rings is 3. The lowest BCUT2D eigenvalue weighted by Crippen LogP contribution is -2.25. The smallest absolute Gasteiger partial charge is 0.343 e. The van der Waals surface area contributed by atoms with Gasteiger partial charge in [-0.2, -0.15) is 0 Å². The highest BCUT2D eigenvalue weighted by Crippen LogP contribution is 2.33. The maximum Gasteiger partial charge on any atom is 0.343 e. The van der Waals surface area contributed by atoms with Gasteiger partial charge in [0.1, 0.15) is 18.4 Å². The molecule has 3 rings (SSSR count). The Balaban J connectivity index is 1.81. The summed E-state index contributed by atoms with van der Waals surface area (Å²) in [6.45, 7) is 5.18. The average molecular weight is 552 g/mol. The van der Waals surface area contributed by atoms with Crippen molar-refractivity contribution in [1.29, 1.82) is 0 Å². The first kappa shape index (κ1) is 29.5. The molecule has 9 heteroatoms. The Bertz CT molecular complexity index is 1370. The summed E-state index contributed by atoms with van der Waals surface area (Å²) in [6.07, 6.45) is 1.54. The molecule has 0 saturated carbocycles. The second-order valence-corrected chi connectivity index (χ2v) is 9.65. The first-order valence-corrected chi connectivity index (χ1v) is 12.6. The summed E-state index contributed by atoms with van der Waals surface area (Å²) in [7, 11) is 1.41. The van der Waals surface area contributed by atoms with Gasteiger partial charge in [0.15, 0.2) is 17.3 Å². The molecule has 0 spiro atoms. The van der Waals surface area contributed by atoms with E-state index in [1.165, 1.54) is 25.5 Å². The number of halogens is 1. The topological polar surface area (TPSA) is 111 Å². The molecule has 1 N–H and O–H groups in total. The van der Waals surface area contributed by atoms with Crippen LogP contribution in [-0.2, 0) is 20.7 Å². The van der Waals surface area contributed by atoms with E-state index in [1.54, 1.807) is 56.3 Å². The molecule has 0 aromatic heterocycles. The molecule has 204 valence electrons. The third-order valence-electron chi connectivity index (χ3n) is 5.62. The number of esters is 2. The number of ketones is 1. The minimum Gasteiger partial charge on any atom is -0.504 e. The number of phenols is 1. The lowest BCUT2D eigenvalue weighted by Gasteiger charge is -2.13. The molecule has 0 bridgehead atoms. The van der Waals surface area contributed by atoms with Crippen LogP contribution in [0, 0.1) is 12.8 Å². The van der Waals surface area contributed by atoms with Gasteiger partial charge in [0, 0.05) is 36.4 Å². The van der Waals surface area contributed by atoms with E-state index in [9.17, 15) is 19.5 Å². The van der Waals surface area contributed by atoms with Crippen molar-refractivity contribution >= 4 is 35.5 Å². The van der Waals surface area contributed by atoms with Crippen LogP contribution < -0.4 is 9.47 Å². The molecule has 3 aromatic carbocycles.